The summed E-state index contributed by atoms with van der Waals surface area (Å²) in [6, 6.07) is 3.57. The van der Waals surface area contributed by atoms with Crippen molar-refractivity contribution >= 4 is 32.3 Å². The molecule has 1 atom stereocenters. The fourth-order valence-electron chi connectivity index (χ4n) is 3.53. The topological polar surface area (TPSA) is 89.0 Å². The molecule has 23 heavy (non-hydrogen) atoms. The molecule has 120 valence electrons. The Morgan fingerprint density at radius 1 is 1.22 bits per heavy atom. The Balaban J connectivity index is 1.51. The van der Waals surface area contributed by atoms with Crippen molar-refractivity contribution in [2.24, 2.45) is 11.3 Å². The fourth-order valence-corrected chi connectivity index (χ4v) is 5.17. The molecule has 2 aliphatic rings. The van der Waals surface area contributed by atoms with Gasteiger partial charge in [0.1, 0.15) is 9.84 Å². The van der Waals surface area contributed by atoms with E-state index in [0.717, 1.165) is 17.3 Å². The number of nitrogens with one attached hydrogen (secondary N) is 1. The van der Waals surface area contributed by atoms with E-state index in [1.165, 1.54) is 0 Å². The minimum Gasteiger partial charge on any atom is -0.325 e. The number of fused-ring (bicyclic) bond motifs is 1. The van der Waals surface area contributed by atoms with E-state index in [1.54, 1.807) is 30.7 Å². The number of aromatic nitrogens is 2. The summed E-state index contributed by atoms with van der Waals surface area (Å²) in [5.74, 6) is 0.302. The number of hydrogen-bond donors (Lipinski definition) is 1. The molecular formula is C16H17N3O3S. The van der Waals surface area contributed by atoms with Gasteiger partial charge in [0.05, 0.1) is 22.7 Å². The molecule has 4 rings (SSSR count). The number of rotatable bonds is 2. The van der Waals surface area contributed by atoms with Crippen LogP contribution in [0.15, 0.2) is 30.7 Å². The van der Waals surface area contributed by atoms with Crippen molar-refractivity contribution in [1.29, 1.82) is 0 Å². The maximum atomic E-state index is 12.6. The van der Waals surface area contributed by atoms with Gasteiger partial charge in [-0.2, -0.15) is 0 Å². The predicted molar refractivity (Wildman–Crippen MR) is 86.6 cm³/mol. The molecule has 0 radical (unpaired) electrons. The van der Waals surface area contributed by atoms with E-state index < -0.39 is 9.84 Å². The second-order valence-corrected chi connectivity index (χ2v) is 8.82. The van der Waals surface area contributed by atoms with Gasteiger partial charge in [0.2, 0.25) is 5.91 Å². The van der Waals surface area contributed by atoms with Crippen molar-refractivity contribution < 1.29 is 13.2 Å². The standard InChI is InChI=1S/C16H17N3O3S/c20-15(12-9-16(12)3-7-23(21,22)8-4-16)19-14-2-6-18-13-1-5-17-10-11(13)14/h1-2,5-6,10,12H,3-4,7-9H2,(H,18,19,20). The number of sulfone groups is 1. The lowest BCUT2D eigenvalue weighted by molar-refractivity contribution is -0.118. The van der Waals surface area contributed by atoms with E-state index in [2.05, 4.69) is 15.3 Å². The van der Waals surface area contributed by atoms with Gasteiger partial charge < -0.3 is 5.32 Å². The monoisotopic (exact) mass is 331 g/mol. The minimum absolute atomic E-state index is 0.0272. The van der Waals surface area contributed by atoms with Crippen LogP contribution >= 0.6 is 0 Å². The average Bonchev–Trinajstić information content (AvgIpc) is 3.26. The summed E-state index contributed by atoms with van der Waals surface area (Å²) in [6.45, 7) is 0. The number of amides is 1. The Morgan fingerprint density at radius 2 is 2.00 bits per heavy atom. The smallest absolute Gasteiger partial charge is 0.228 e. The lowest BCUT2D eigenvalue weighted by Gasteiger charge is -2.22. The molecule has 3 heterocycles. The molecule has 1 aliphatic heterocycles. The highest BCUT2D eigenvalue weighted by molar-refractivity contribution is 7.91. The number of carbonyl (C=O) groups excluding carboxylic acids is 1. The third kappa shape index (κ3) is 2.59. The largest absolute Gasteiger partial charge is 0.325 e. The second-order valence-electron chi connectivity index (χ2n) is 6.51. The first-order valence-electron chi connectivity index (χ1n) is 7.69. The molecule has 1 N–H and O–H groups in total. The molecule has 1 spiro atoms. The molecule has 2 aromatic heterocycles. The second kappa shape index (κ2) is 4.99. The van der Waals surface area contributed by atoms with Crippen LogP contribution < -0.4 is 5.32 Å². The van der Waals surface area contributed by atoms with Gasteiger partial charge in [-0.3, -0.25) is 14.8 Å². The molecule has 6 nitrogen and oxygen atoms in total. The highest BCUT2D eigenvalue weighted by Gasteiger charge is 2.59. The third-order valence-electron chi connectivity index (χ3n) is 5.13. The predicted octanol–water partition coefficient (Wildman–Crippen LogP) is 1.78. The third-order valence-corrected chi connectivity index (χ3v) is 6.78. The van der Waals surface area contributed by atoms with Crippen LogP contribution in [0.4, 0.5) is 5.69 Å². The Labute approximate surface area is 134 Å². The van der Waals surface area contributed by atoms with Crippen LogP contribution in [0.25, 0.3) is 10.9 Å². The zero-order valence-electron chi connectivity index (χ0n) is 12.5. The van der Waals surface area contributed by atoms with E-state index in [1.807, 2.05) is 0 Å². The molecule has 0 aromatic carbocycles. The van der Waals surface area contributed by atoms with Crippen LogP contribution in [-0.2, 0) is 14.6 Å². The zero-order chi connectivity index (χ0) is 16.1. The van der Waals surface area contributed by atoms with Gasteiger partial charge in [-0.05, 0) is 36.8 Å². The van der Waals surface area contributed by atoms with Gasteiger partial charge >= 0.3 is 0 Å². The Morgan fingerprint density at radius 3 is 2.78 bits per heavy atom. The minimum atomic E-state index is -2.90. The van der Waals surface area contributed by atoms with Crippen LogP contribution in [0.3, 0.4) is 0 Å². The summed E-state index contributed by atoms with van der Waals surface area (Å²) < 4.78 is 23.1. The Hall–Kier alpha value is -2.02. The summed E-state index contributed by atoms with van der Waals surface area (Å²) in [7, 11) is -2.90. The van der Waals surface area contributed by atoms with Gasteiger partial charge in [-0.25, -0.2) is 8.42 Å². The lowest BCUT2D eigenvalue weighted by atomic mass is 9.96. The van der Waals surface area contributed by atoms with E-state index >= 15 is 0 Å². The summed E-state index contributed by atoms with van der Waals surface area (Å²) in [5.41, 5.74) is 1.39. The SMILES string of the molecule is O=C(Nc1ccnc2ccncc12)C1CC12CCS(=O)(=O)CC2. The molecule has 1 unspecified atom stereocenters. The Bertz CT molecular complexity index is 875. The van der Waals surface area contributed by atoms with Crippen molar-refractivity contribution in [3.63, 3.8) is 0 Å². The van der Waals surface area contributed by atoms with Crippen LogP contribution in [0.1, 0.15) is 19.3 Å². The number of nitrogens with zero attached hydrogens (tertiary/aromatic N) is 2. The first-order chi connectivity index (χ1) is 11.0. The molecule has 1 saturated heterocycles. The van der Waals surface area contributed by atoms with Crippen molar-refractivity contribution in [1.82, 2.24) is 9.97 Å². The van der Waals surface area contributed by atoms with Gasteiger partial charge in [-0.15, -0.1) is 0 Å². The maximum Gasteiger partial charge on any atom is 0.228 e. The van der Waals surface area contributed by atoms with E-state index in [9.17, 15) is 13.2 Å². The van der Waals surface area contributed by atoms with Crippen molar-refractivity contribution in [2.75, 3.05) is 16.8 Å². The van der Waals surface area contributed by atoms with Crippen LogP contribution in [-0.4, -0.2) is 35.8 Å². The van der Waals surface area contributed by atoms with Gasteiger partial charge in [0.25, 0.3) is 0 Å². The molecule has 2 aromatic rings. The number of anilines is 1. The van der Waals surface area contributed by atoms with Gasteiger partial charge in [0.15, 0.2) is 0 Å². The normalized spacial score (nSPS) is 24.4. The van der Waals surface area contributed by atoms with Gasteiger partial charge in [0, 0.05) is 29.9 Å². The number of hydrogen-bond acceptors (Lipinski definition) is 5. The van der Waals surface area contributed by atoms with Crippen LogP contribution in [0.5, 0.6) is 0 Å². The molecule has 1 aliphatic carbocycles. The number of pyridine rings is 2. The summed E-state index contributed by atoms with van der Waals surface area (Å²) in [6.07, 6.45) is 7.01. The lowest BCUT2D eigenvalue weighted by Crippen LogP contribution is -2.28. The first kappa shape index (κ1) is 14.6. The van der Waals surface area contributed by atoms with Crippen molar-refractivity contribution in [3.05, 3.63) is 30.7 Å². The summed E-state index contributed by atoms with van der Waals surface area (Å²) in [5, 5.41) is 3.78. The van der Waals surface area contributed by atoms with Crippen molar-refractivity contribution in [3.8, 4) is 0 Å². The fraction of sp³-hybridized carbons (Fsp3) is 0.438. The van der Waals surface area contributed by atoms with E-state index in [-0.39, 0.29) is 28.7 Å². The highest BCUT2D eigenvalue weighted by Crippen LogP contribution is 2.60. The Kier molecular flexibility index (Phi) is 3.16. The molecule has 1 amide bonds. The van der Waals surface area contributed by atoms with E-state index in [0.29, 0.717) is 18.5 Å². The summed E-state index contributed by atoms with van der Waals surface area (Å²) in [4.78, 5) is 20.9. The van der Waals surface area contributed by atoms with Gasteiger partial charge in [-0.1, -0.05) is 0 Å². The average molecular weight is 331 g/mol. The molecule has 0 bridgehead atoms. The van der Waals surface area contributed by atoms with E-state index in [4.69, 9.17) is 0 Å². The summed E-state index contributed by atoms with van der Waals surface area (Å²) >= 11 is 0. The van der Waals surface area contributed by atoms with Crippen LogP contribution in [0.2, 0.25) is 0 Å². The molecule has 7 heteroatoms. The molecule has 1 saturated carbocycles. The zero-order valence-corrected chi connectivity index (χ0v) is 13.3. The maximum absolute atomic E-state index is 12.6. The van der Waals surface area contributed by atoms with Crippen molar-refractivity contribution in [2.45, 2.75) is 19.3 Å². The molecule has 2 fully saturated rings. The first-order valence-corrected chi connectivity index (χ1v) is 9.51. The molecular weight excluding hydrogens is 314 g/mol. The highest BCUT2D eigenvalue weighted by atomic mass is 32.2. The van der Waals surface area contributed by atoms with Crippen LogP contribution in [0, 0.1) is 11.3 Å². The quantitative estimate of drug-likeness (QED) is 0.906. The number of carbonyl (C=O) groups is 1.